The molecule has 1 fully saturated rings. The Morgan fingerprint density at radius 1 is 1.08 bits per heavy atom. The molecule has 126 valence electrons. The quantitative estimate of drug-likeness (QED) is 0.468. The first-order chi connectivity index (χ1) is 12.0. The van der Waals surface area contributed by atoms with E-state index in [9.17, 15) is 14.4 Å². The topological polar surface area (TPSA) is 66.5 Å². The third kappa shape index (κ3) is 3.67. The fraction of sp³-hybridized carbons (Fsp3) is 0.0556. The van der Waals surface area contributed by atoms with E-state index in [1.165, 1.54) is 6.08 Å². The number of thioether (sulfide) groups is 1. The molecular weight excluding hydrogens is 404 g/mol. The number of barbiturate groups is 1. The summed E-state index contributed by atoms with van der Waals surface area (Å²) in [4.78, 5) is 39.0. The van der Waals surface area contributed by atoms with E-state index in [0.29, 0.717) is 11.3 Å². The van der Waals surface area contributed by atoms with Gasteiger partial charge in [0.25, 0.3) is 11.8 Å². The van der Waals surface area contributed by atoms with Crippen molar-refractivity contribution >= 4 is 57.3 Å². The van der Waals surface area contributed by atoms with E-state index in [-0.39, 0.29) is 5.57 Å². The van der Waals surface area contributed by atoms with E-state index < -0.39 is 17.8 Å². The maximum Gasteiger partial charge on any atom is 0.335 e. The molecule has 0 saturated carbocycles. The van der Waals surface area contributed by atoms with Gasteiger partial charge in [-0.25, -0.2) is 9.69 Å². The van der Waals surface area contributed by atoms with Gasteiger partial charge in [0.15, 0.2) is 0 Å². The number of imide groups is 2. The number of carbonyl (C=O) groups is 3. The van der Waals surface area contributed by atoms with Crippen molar-refractivity contribution in [2.75, 3.05) is 11.2 Å². The number of nitrogens with one attached hydrogen (secondary N) is 1. The van der Waals surface area contributed by atoms with E-state index >= 15 is 0 Å². The normalized spacial score (nSPS) is 16.3. The molecule has 2 aromatic carbocycles. The van der Waals surface area contributed by atoms with E-state index in [4.69, 9.17) is 0 Å². The minimum Gasteiger partial charge on any atom is -0.273 e. The number of rotatable bonds is 3. The highest BCUT2D eigenvalue weighted by molar-refractivity contribution is 9.10. The molecule has 0 unspecified atom stereocenters. The minimum absolute atomic E-state index is 0.0866. The van der Waals surface area contributed by atoms with Crippen LogP contribution in [0, 0.1) is 0 Å². The van der Waals surface area contributed by atoms with Gasteiger partial charge in [-0.1, -0.05) is 34.1 Å². The molecule has 1 aliphatic heterocycles. The molecule has 0 aliphatic carbocycles. The van der Waals surface area contributed by atoms with Gasteiger partial charge in [0.1, 0.15) is 5.57 Å². The summed E-state index contributed by atoms with van der Waals surface area (Å²) in [7, 11) is 0. The first kappa shape index (κ1) is 17.4. The van der Waals surface area contributed by atoms with Crippen LogP contribution in [-0.2, 0) is 9.59 Å². The van der Waals surface area contributed by atoms with Crippen molar-refractivity contribution in [3.05, 3.63) is 64.1 Å². The van der Waals surface area contributed by atoms with Crippen LogP contribution in [-0.4, -0.2) is 24.1 Å². The lowest BCUT2D eigenvalue weighted by Crippen LogP contribution is -2.54. The lowest BCUT2D eigenvalue weighted by Gasteiger charge is -2.26. The smallest absolute Gasteiger partial charge is 0.273 e. The van der Waals surface area contributed by atoms with Gasteiger partial charge in [-0.2, -0.15) is 0 Å². The van der Waals surface area contributed by atoms with Crippen LogP contribution in [0.25, 0.3) is 6.08 Å². The average molecular weight is 417 g/mol. The van der Waals surface area contributed by atoms with Crippen LogP contribution in [0.1, 0.15) is 5.56 Å². The minimum atomic E-state index is -0.761. The van der Waals surface area contributed by atoms with Crippen LogP contribution in [0.2, 0.25) is 0 Å². The lowest BCUT2D eigenvalue weighted by molar-refractivity contribution is -0.122. The largest absolute Gasteiger partial charge is 0.335 e. The molecule has 1 heterocycles. The molecule has 0 aromatic heterocycles. The van der Waals surface area contributed by atoms with Crippen molar-refractivity contribution in [3.8, 4) is 0 Å². The number of carbonyl (C=O) groups excluding carboxylic acids is 3. The summed E-state index contributed by atoms with van der Waals surface area (Å²) >= 11 is 4.91. The lowest BCUT2D eigenvalue weighted by atomic mass is 10.1. The molecule has 1 aliphatic rings. The molecule has 4 amide bonds. The highest BCUT2D eigenvalue weighted by Crippen LogP contribution is 2.25. The summed E-state index contributed by atoms with van der Waals surface area (Å²) in [5.74, 6) is -1.35. The van der Waals surface area contributed by atoms with E-state index in [1.807, 2.05) is 30.5 Å². The summed E-state index contributed by atoms with van der Waals surface area (Å²) in [5, 5.41) is 2.21. The Bertz CT molecular complexity index is 893. The molecule has 7 heteroatoms. The molecule has 25 heavy (non-hydrogen) atoms. The van der Waals surface area contributed by atoms with Crippen LogP contribution in [0.5, 0.6) is 0 Å². The predicted octanol–water partition coefficient (Wildman–Crippen LogP) is 3.84. The van der Waals surface area contributed by atoms with Crippen LogP contribution in [0.4, 0.5) is 10.5 Å². The fourth-order valence-corrected chi connectivity index (χ4v) is 3.17. The number of anilines is 1. The summed E-state index contributed by atoms with van der Waals surface area (Å²) in [6, 6.07) is 13.4. The van der Waals surface area contributed by atoms with Crippen molar-refractivity contribution in [3.63, 3.8) is 0 Å². The third-order valence-corrected chi connectivity index (χ3v) is 4.83. The second-order valence-corrected chi connectivity index (χ2v) is 7.01. The number of nitrogens with zero attached hydrogens (tertiary/aromatic N) is 1. The Labute approximate surface area is 157 Å². The summed E-state index contributed by atoms with van der Waals surface area (Å²) in [6.07, 6.45) is 3.45. The van der Waals surface area contributed by atoms with E-state index in [0.717, 1.165) is 14.3 Å². The Hall–Kier alpha value is -2.38. The van der Waals surface area contributed by atoms with Crippen LogP contribution < -0.4 is 10.2 Å². The van der Waals surface area contributed by atoms with Crippen LogP contribution in [0.15, 0.2) is 63.5 Å². The number of hydrogen-bond donors (Lipinski definition) is 1. The Kier molecular flexibility index (Phi) is 5.06. The molecule has 2 aromatic rings. The molecule has 3 rings (SSSR count). The van der Waals surface area contributed by atoms with Crippen molar-refractivity contribution in [1.82, 2.24) is 5.32 Å². The Morgan fingerprint density at radius 3 is 2.44 bits per heavy atom. The Balaban J connectivity index is 1.98. The maximum atomic E-state index is 12.7. The highest BCUT2D eigenvalue weighted by Gasteiger charge is 2.36. The zero-order valence-electron chi connectivity index (χ0n) is 13.2. The zero-order chi connectivity index (χ0) is 18.0. The number of amides is 4. The standard InChI is InChI=1S/C18H13BrN2O3S/c1-25-14-7-5-11(6-8-14)9-15-16(22)20-18(24)21(17(15)23)13-4-2-3-12(19)10-13/h2-10H,1H3,(H,20,22,24)/b15-9-. The van der Waals surface area contributed by atoms with Gasteiger partial charge in [0, 0.05) is 9.37 Å². The van der Waals surface area contributed by atoms with Gasteiger partial charge in [0.2, 0.25) is 0 Å². The monoisotopic (exact) mass is 416 g/mol. The van der Waals surface area contributed by atoms with Gasteiger partial charge in [-0.3, -0.25) is 14.9 Å². The second kappa shape index (κ2) is 7.25. The SMILES string of the molecule is CSc1ccc(/C=C2/C(=O)NC(=O)N(c3cccc(Br)c3)C2=O)cc1. The van der Waals surface area contributed by atoms with Crippen molar-refractivity contribution in [2.24, 2.45) is 0 Å². The van der Waals surface area contributed by atoms with Crippen molar-refractivity contribution in [1.29, 1.82) is 0 Å². The second-order valence-electron chi connectivity index (χ2n) is 5.21. The maximum absolute atomic E-state index is 12.7. The average Bonchev–Trinajstić information content (AvgIpc) is 2.59. The summed E-state index contributed by atoms with van der Waals surface area (Å²) in [6.45, 7) is 0. The molecule has 0 spiro atoms. The van der Waals surface area contributed by atoms with Crippen molar-refractivity contribution in [2.45, 2.75) is 4.90 Å². The first-order valence-electron chi connectivity index (χ1n) is 7.30. The molecule has 0 radical (unpaired) electrons. The van der Waals surface area contributed by atoms with Gasteiger partial charge in [0.05, 0.1) is 5.69 Å². The third-order valence-electron chi connectivity index (χ3n) is 3.59. The fourth-order valence-electron chi connectivity index (χ4n) is 2.37. The first-order valence-corrected chi connectivity index (χ1v) is 9.32. The van der Waals surface area contributed by atoms with Gasteiger partial charge in [-0.05, 0) is 48.2 Å². The highest BCUT2D eigenvalue weighted by atomic mass is 79.9. The Morgan fingerprint density at radius 2 is 1.80 bits per heavy atom. The molecular formula is C18H13BrN2O3S. The molecule has 5 nitrogen and oxygen atoms in total. The molecule has 0 atom stereocenters. The number of halogens is 1. The van der Waals surface area contributed by atoms with Crippen LogP contribution >= 0.6 is 27.7 Å². The summed E-state index contributed by atoms with van der Waals surface area (Å²) in [5.41, 5.74) is 1.00. The van der Waals surface area contributed by atoms with E-state index in [2.05, 4.69) is 21.2 Å². The molecule has 1 saturated heterocycles. The number of benzene rings is 2. The van der Waals surface area contributed by atoms with E-state index in [1.54, 1.807) is 36.0 Å². The van der Waals surface area contributed by atoms with Gasteiger partial charge >= 0.3 is 6.03 Å². The zero-order valence-corrected chi connectivity index (χ0v) is 15.6. The number of hydrogen-bond acceptors (Lipinski definition) is 4. The molecule has 1 N–H and O–H groups in total. The van der Waals surface area contributed by atoms with Gasteiger partial charge in [-0.15, -0.1) is 11.8 Å². The number of urea groups is 1. The molecule has 0 bridgehead atoms. The van der Waals surface area contributed by atoms with Gasteiger partial charge < -0.3 is 0 Å². The van der Waals surface area contributed by atoms with Crippen LogP contribution in [0.3, 0.4) is 0 Å². The predicted molar refractivity (Wildman–Crippen MR) is 101 cm³/mol. The van der Waals surface area contributed by atoms with Crippen molar-refractivity contribution < 1.29 is 14.4 Å². The summed E-state index contributed by atoms with van der Waals surface area (Å²) < 4.78 is 0.723.